The first-order valence-corrected chi connectivity index (χ1v) is 9.69. The number of hydrogen-bond donors (Lipinski definition) is 0. The maximum absolute atomic E-state index is 12.8. The zero-order valence-corrected chi connectivity index (χ0v) is 15.4. The molecule has 0 N–H and O–H groups in total. The van der Waals surface area contributed by atoms with Crippen molar-refractivity contribution in [1.82, 2.24) is 0 Å². The number of carbonyl (C=O) groups is 1. The first-order chi connectivity index (χ1) is 11.5. The quantitative estimate of drug-likeness (QED) is 0.603. The number of hydrogen-bond acceptors (Lipinski definition) is 4. The molecular weight excluding hydrogens is 381 g/mol. The number of alkyl halides is 3. The molecule has 0 saturated carbocycles. The number of rotatable bonds is 8. The molecule has 1 aromatic carbocycles. The molecule has 0 aliphatic carbocycles. The van der Waals surface area contributed by atoms with Gasteiger partial charge in [-0.1, -0.05) is 30.7 Å². The van der Waals surface area contributed by atoms with E-state index in [4.69, 9.17) is 11.6 Å². The van der Waals surface area contributed by atoms with Crippen LogP contribution in [-0.4, -0.2) is 31.8 Å². The summed E-state index contributed by atoms with van der Waals surface area (Å²) in [7, 11) is -5.65. The fourth-order valence-corrected chi connectivity index (χ4v) is 3.71. The van der Waals surface area contributed by atoms with Crippen molar-refractivity contribution < 1.29 is 31.1 Å². The van der Waals surface area contributed by atoms with Gasteiger partial charge in [0.15, 0.2) is 5.25 Å². The van der Waals surface area contributed by atoms with Gasteiger partial charge in [-0.3, -0.25) is 4.79 Å². The highest BCUT2D eigenvalue weighted by Gasteiger charge is 2.53. The Kier molecular flexibility index (Phi) is 7.74. The van der Waals surface area contributed by atoms with Crippen LogP contribution in [0.5, 0.6) is 0 Å². The van der Waals surface area contributed by atoms with Crippen molar-refractivity contribution in [3.8, 4) is 0 Å². The number of sulfone groups is 1. The van der Waals surface area contributed by atoms with Gasteiger partial charge in [0, 0.05) is 5.02 Å². The minimum atomic E-state index is -5.65. The highest BCUT2D eigenvalue weighted by molar-refractivity contribution is 7.93. The predicted octanol–water partition coefficient (Wildman–Crippen LogP) is 4.48. The second-order valence-corrected chi connectivity index (χ2v) is 8.02. The van der Waals surface area contributed by atoms with Crippen molar-refractivity contribution in [1.29, 1.82) is 0 Å². The molecule has 9 heteroatoms. The summed E-state index contributed by atoms with van der Waals surface area (Å²) in [5.41, 5.74) is -4.69. The van der Waals surface area contributed by atoms with Crippen LogP contribution in [-0.2, 0) is 19.4 Å². The monoisotopic (exact) mass is 400 g/mol. The summed E-state index contributed by atoms with van der Waals surface area (Å²) in [6, 6.07) is 6.76. The Labute approximate surface area is 150 Å². The number of ether oxygens (including phenoxy) is 1. The molecule has 0 heterocycles. The van der Waals surface area contributed by atoms with Crippen LogP contribution in [0.2, 0.25) is 5.02 Å². The molecule has 0 aliphatic heterocycles. The van der Waals surface area contributed by atoms with Gasteiger partial charge in [0.2, 0.25) is 0 Å². The second kappa shape index (κ2) is 8.89. The number of benzene rings is 1. The third-order valence-corrected chi connectivity index (χ3v) is 5.93. The summed E-state index contributed by atoms with van der Waals surface area (Å²) >= 11 is 5.81. The van der Waals surface area contributed by atoms with E-state index in [9.17, 15) is 26.4 Å². The zero-order chi connectivity index (χ0) is 19.3. The standard InChI is InChI=1S/C16H20ClF3O4S/c1-3-11(12-5-8-13(17)9-6-12)7-10-14(15(21)24-4-2)25(22,23)16(18,19)20/h5-6,8-9,11,14H,3-4,7,10H2,1-2H3. The molecule has 25 heavy (non-hydrogen) atoms. The lowest BCUT2D eigenvalue weighted by molar-refractivity contribution is -0.143. The molecule has 0 radical (unpaired) electrons. The minimum Gasteiger partial charge on any atom is -0.465 e. The SMILES string of the molecule is CCOC(=O)C(CCC(CC)c1ccc(Cl)cc1)S(=O)(=O)C(F)(F)F. The first kappa shape index (κ1) is 21.8. The van der Waals surface area contributed by atoms with E-state index in [-0.39, 0.29) is 18.9 Å². The Morgan fingerprint density at radius 3 is 2.16 bits per heavy atom. The molecule has 2 atom stereocenters. The number of esters is 1. The van der Waals surface area contributed by atoms with Crippen LogP contribution < -0.4 is 0 Å². The van der Waals surface area contributed by atoms with Crippen molar-refractivity contribution in [3.05, 3.63) is 34.9 Å². The van der Waals surface area contributed by atoms with Crippen LogP contribution in [0.4, 0.5) is 13.2 Å². The van der Waals surface area contributed by atoms with Crippen LogP contribution in [0.15, 0.2) is 24.3 Å². The Morgan fingerprint density at radius 1 is 1.16 bits per heavy atom. The van der Waals surface area contributed by atoms with Gasteiger partial charge in [-0.2, -0.15) is 13.2 Å². The Balaban J connectivity index is 3.01. The van der Waals surface area contributed by atoms with Gasteiger partial charge >= 0.3 is 11.5 Å². The maximum Gasteiger partial charge on any atom is 0.498 e. The summed E-state index contributed by atoms with van der Waals surface area (Å²) in [5, 5.41) is -1.74. The number of halogens is 4. The smallest absolute Gasteiger partial charge is 0.465 e. The van der Waals surface area contributed by atoms with Gasteiger partial charge in [-0.25, -0.2) is 8.42 Å². The summed E-state index contributed by atoms with van der Waals surface area (Å²) in [5.74, 6) is -1.57. The van der Waals surface area contributed by atoms with Crippen molar-refractivity contribution in [2.24, 2.45) is 0 Å². The molecule has 0 spiro atoms. The molecule has 142 valence electrons. The molecule has 1 aromatic rings. The van der Waals surface area contributed by atoms with E-state index in [1.807, 2.05) is 6.92 Å². The van der Waals surface area contributed by atoms with E-state index in [1.54, 1.807) is 24.3 Å². The van der Waals surface area contributed by atoms with Gasteiger partial charge < -0.3 is 4.74 Å². The van der Waals surface area contributed by atoms with Crippen LogP contribution >= 0.6 is 11.6 Å². The van der Waals surface area contributed by atoms with Crippen molar-refractivity contribution in [2.45, 2.75) is 49.8 Å². The third kappa shape index (κ3) is 5.60. The fourth-order valence-electron chi connectivity index (χ4n) is 2.49. The lowest BCUT2D eigenvalue weighted by atomic mass is 9.91. The number of carbonyl (C=O) groups excluding carboxylic acids is 1. The Bertz CT molecular complexity index is 672. The molecule has 0 fully saturated rings. The van der Waals surface area contributed by atoms with Crippen LogP contribution in [0.3, 0.4) is 0 Å². The molecule has 1 rings (SSSR count). The Morgan fingerprint density at radius 2 is 1.72 bits per heavy atom. The van der Waals surface area contributed by atoms with E-state index in [0.717, 1.165) is 5.56 Å². The average molecular weight is 401 g/mol. The fraction of sp³-hybridized carbons (Fsp3) is 0.562. The maximum atomic E-state index is 12.8. The summed E-state index contributed by atoms with van der Waals surface area (Å²) < 4.78 is 66.5. The molecule has 0 bridgehead atoms. The van der Waals surface area contributed by atoms with Gasteiger partial charge in [-0.05, 0) is 49.8 Å². The molecule has 2 unspecified atom stereocenters. The first-order valence-electron chi connectivity index (χ1n) is 7.76. The van der Waals surface area contributed by atoms with E-state index in [2.05, 4.69) is 4.74 Å². The highest BCUT2D eigenvalue weighted by Crippen LogP contribution is 2.33. The molecule has 4 nitrogen and oxygen atoms in total. The van der Waals surface area contributed by atoms with E-state index in [1.165, 1.54) is 6.92 Å². The average Bonchev–Trinajstić information content (AvgIpc) is 2.51. The second-order valence-electron chi connectivity index (χ2n) is 5.47. The minimum absolute atomic E-state index is 0.0942. The molecule has 0 aromatic heterocycles. The van der Waals surface area contributed by atoms with E-state index < -0.39 is 33.0 Å². The van der Waals surface area contributed by atoms with E-state index in [0.29, 0.717) is 11.4 Å². The lowest BCUT2D eigenvalue weighted by Crippen LogP contribution is -2.40. The molecule has 0 aliphatic rings. The van der Waals surface area contributed by atoms with Crippen molar-refractivity contribution in [3.63, 3.8) is 0 Å². The van der Waals surface area contributed by atoms with Gasteiger partial charge in [0.05, 0.1) is 6.61 Å². The molecule has 0 saturated heterocycles. The largest absolute Gasteiger partial charge is 0.498 e. The van der Waals surface area contributed by atoms with Crippen molar-refractivity contribution in [2.75, 3.05) is 6.61 Å². The van der Waals surface area contributed by atoms with Gasteiger partial charge in [0.25, 0.3) is 9.84 Å². The predicted molar refractivity (Wildman–Crippen MR) is 89.1 cm³/mol. The third-order valence-electron chi connectivity index (χ3n) is 3.86. The molecule has 0 amide bonds. The van der Waals surface area contributed by atoms with Crippen LogP contribution in [0.25, 0.3) is 0 Å². The Hall–Kier alpha value is -1.28. The van der Waals surface area contributed by atoms with Crippen LogP contribution in [0.1, 0.15) is 44.6 Å². The summed E-state index contributed by atoms with van der Waals surface area (Å²) in [6.45, 7) is 3.03. The summed E-state index contributed by atoms with van der Waals surface area (Å²) in [4.78, 5) is 11.8. The van der Waals surface area contributed by atoms with Gasteiger partial charge in [-0.15, -0.1) is 0 Å². The lowest BCUT2D eigenvalue weighted by Gasteiger charge is -2.21. The molecular formula is C16H20ClF3O4S. The normalized spacial score (nSPS) is 14.8. The zero-order valence-electron chi connectivity index (χ0n) is 13.8. The van der Waals surface area contributed by atoms with Crippen LogP contribution in [0, 0.1) is 0 Å². The van der Waals surface area contributed by atoms with Crippen molar-refractivity contribution >= 4 is 27.4 Å². The topological polar surface area (TPSA) is 60.4 Å². The summed E-state index contributed by atoms with van der Waals surface area (Å²) in [6.07, 6.45) is 0.196. The highest BCUT2D eigenvalue weighted by atomic mass is 35.5. The van der Waals surface area contributed by atoms with E-state index >= 15 is 0 Å². The van der Waals surface area contributed by atoms with Gasteiger partial charge in [0.1, 0.15) is 0 Å².